The Balaban J connectivity index is 2.16. The second-order valence-electron chi connectivity index (χ2n) is 6.48. The van der Waals surface area contributed by atoms with Gasteiger partial charge >= 0.3 is 5.97 Å². The molecule has 1 heterocycles. The van der Waals surface area contributed by atoms with Crippen LogP contribution < -0.4 is 0 Å². The molecule has 18 heavy (non-hydrogen) atoms. The monoisotopic (exact) mass is 270 g/mol. The zero-order valence-electron chi connectivity index (χ0n) is 12.3. The van der Waals surface area contributed by atoms with Crippen molar-refractivity contribution in [1.82, 2.24) is 0 Å². The summed E-state index contributed by atoms with van der Waals surface area (Å²) in [4.78, 5) is 10.9. The second kappa shape index (κ2) is 6.02. The maximum absolute atomic E-state index is 10.9. The zero-order chi connectivity index (χ0) is 13.8. The van der Waals surface area contributed by atoms with Crippen molar-refractivity contribution in [3.8, 4) is 0 Å². The minimum absolute atomic E-state index is 0.192. The lowest BCUT2D eigenvalue weighted by molar-refractivity contribution is -0.134. The average molecular weight is 270 g/mol. The van der Waals surface area contributed by atoms with Crippen LogP contribution in [0, 0.1) is 0 Å². The van der Waals surface area contributed by atoms with Gasteiger partial charge in [-0.1, -0.05) is 20.8 Å². The summed E-state index contributed by atoms with van der Waals surface area (Å²) in [5.41, 5.74) is 1.12. The predicted octanol–water partition coefficient (Wildman–Crippen LogP) is 3.66. The molecule has 0 N–H and O–H groups in total. The Morgan fingerprint density at radius 3 is 2.50 bits per heavy atom. The van der Waals surface area contributed by atoms with Gasteiger partial charge in [0.25, 0.3) is 0 Å². The number of rotatable bonds is 6. The molecule has 0 aromatic heterocycles. The third-order valence-corrected chi connectivity index (χ3v) is 8.42. The molecule has 0 aromatic carbocycles. The molecular formula is C14H26O3Si. The van der Waals surface area contributed by atoms with E-state index in [4.69, 9.17) is 9.16 Å². The maximum atomic E-state index is 10.9. The van der Waals surface area contributed by atoms with Crippen LogP contribution in [0.2, 0.25) is 18.1 Å². The SMILES string of the molecule is CC(C)(C)[Si](C)(C)OCCCCC1=CC(=O)OC1. The molecule has 104 valence electrons. The van der Waals surface area contributed by atoms with Crippen molar-refractivity contribution in [2.24, 2.45) is 0 Å². The summed E-state index contributed by atoms with van der Waals surface area (Å²) in [6.07, 6.45) is 4.69. The highest BCUT2D eigenvalue weighted by Gasteiger charge is 2.36. The summed E-state index contributed by atoms with van der Waals surface area (Å²) < 4.78 is 11.0. The molecule has 0 aliphatic carbocycles. The van der Waals surface area contributed by atoms with Crippen LogP contribution in [-0.2, 0) is 14.0 Å². The molecule has 0 amide bonds. The van der Waals surface area contributed by atoms with Crippen molar-refractivity contribution in [2.75, 3.05) is 13.2 Å². The Morgan fingerprint density at radius 1 is 1.33 bits per heavy atom. The highest BCUT2D eigenvalue weighted by molar-refractivity contribution is 6.74. The molecule has 0 radical (unpaired) electrons. The number of ether oxygens (including phenoxy) is 1. The van der Waals surface area contributed by atoms with E-state index >= 15 is 0 Å². The summed E-state index contributed by atoms with van der Waals surface area (Å²) in [6, 6.07) is 0. The van der Waals surface area contributed by atoms with E-state index in [0.29, 0.717) is 6.61 Å². The lowest BCUT2D eigenvalue weighted by atomic mass is 10.1. The van der Waals surface area contributed by atoms with E-state index in [9.17, 15) is 4.79 Å². The molecule has 0 fully saturated rings. The van der Waals surface area contributed by atoms with Crippen LogP contribution in [0.5, 0.6) is 0 Å². The quantitative estimate of drug-likeness (QED) is 0.420. The van der Waals surface area contributed by atoms with E-state index < -0.39 is 8.32 Å². The number of unbranched alkanes of at least 4 members (excludes halogenated alkanes) is 1. The molecule has 0 aromatic rings. The lowest BCUT2D eigenvalue weighted by Gasteiger charge is -2.36. The molecule has 0 unspecified atom stereocenters. The van der Waals surface area contributed by atoms with Gasteiger partial charge in [0.1, 0.15) is 6.61 Å². The van der Waals surface area contributed by atoms with E-state index in [1.165, 1.54) is 0 Å². The van der Waals surface area contributed by atoms with Crippen molar-refractivity contribution in [3.63, 3.8) is 0 Å². The molecule has 1 aliphatic heterocycles. The number of cyclic esters (lactones) is 1. The largest absolute Gasteiger partial charge is 0.458 e. The minimum Gasteiger partial charge on any atom is -0.458 e. The van der Waals surface area contributed by atoms with Crippen molar-refractivity contribution in [1.29, 1.82) is 0 Å². The Morgan fingerprint density at radius 2 is 2.00 bits per heavy atom. The van der Waals surface area contributed by atoms with Crippen LogP contribution in [0.15, 0.2) is 11.6 Å². The fourth-order valence-electron chi connectivity index (χ4n) is 1.56. The molecule has 0 atom stereocenters. The third-order valence-electron chi connectivity index (χ3n) is 3.88. The van der Waals surface area contributed by atoms with Crippen LogP contribution in [0.25, 0.3) is 0 Å². The molecular weight excluding hydrogens is 244 g/mol. The second-order valence-corrected chi connectivity index (χ2v) is 11.3. The molecule has 4 heteroatoms. The summed E-state index contributed by atoms with van der Waals surface area (Å²) in [5.74, 6) is -0.192. The minimum atomic E-state index is -1.59. The van der Waals surface area contributed by atoms with E-state index in [1.807, 2.05) is 0 Å². The van der Waals surface area contributed by atoms with Gasteiger partial charge in [-0.15, -0.1) is 0 Å². The van der Waals surface area contributed by atoms with Gasteiger partial charge in [0.2, 0.25) is 0 Å². The zero-order valence-corrected chi connectivity index (χ0v) is 13.3. The Hall–Kier alpha value is -0.613. The van der Waals surface area contributed by atoms with Gasteiger partial charge in [0.15, 0.2) is 8.32 Å². The molecule has 0 saturated carbocycles. The van der Waals surface area contributed by atoms with Crippen LogP contribution in [0.3, 0.4) is 0 Å². The van der Waals surface area contributed by atoms with Crippen LogP contribution in [-0.4, -0.2) is 27.5 Å². The van der Waals surface area contributed by atoms with E-state index in [0.717, 1.165) is 31.4 Å². The van der Waals surface area contributed by atoms with Gasteiger partial charge in [-0.05, 0) is 43.0 Å². The molecule has 1 rings (SSSR count). The summed E-state index contributed by atoms with van der Waals surface area (Å²) >= 11 is 0. The van der Waals surface area contributed by atoms with Gasteiger partial charge in [-0.3, -0.25) is 0 Å². The smallest absolute Gasteiger partial charge is 0.331 e. The summed E-state index contributed by atoms with van der Waals surface area (Å²) in [7, 11) is -1.59. The van der Waals surface area contributed by atoms with E-state index in [2.05, 4.69) is 33.9 Å². The van der Waals surface area contributed by atoms with Gasteiger partial charge in [0, 0.05) is 12.7 Å². The molecule has 1 aliphatic rings. The molecule has 3 nitrogen and oxygen atoms in total. The van der Waals surface area contributed by atoms with Gasteiger partial charge < -0.3 is 9.16 Å². The maximum Gasteiger partial charge on any atom is 0.331 e. The third kappa shape index (κ3) is 4.57. The molecule has 0 bridgehead atoms. The molecule has 0 spiro atoms. The van der Waals surface area contributed by atoms with Gasteiger partial charge in [0.05, 0.1) is 0 Å². The first-order valence-corrected chi connectivity index (χ1v) is 9.63. The highest BCUT2D eigenvalue weighted by Crippen LogP contribution is 2.36. The van der Waals surface area contributed by atoms with Crippen molar-refractivity contribution in [3.05, 3.63) is 11.6 Å². The lowest BCUT2D eigenvalue weighted by Crippen LogP contribution is -2.40. The van der Waals surface area contributed by atoms with Gasteiger partial charge in [-0.25, -0.2) is 4.79 Å². The topological polar surface area (TPSA) is 35.5 Å². The summed E-state index contributed by atoms with van der Waals surface area (Å²) in [5, 5.41) is 0.279. The first-order valence-electron chi connectivity index (χ1n) is 6.72. The first-order chi connectivity index (χ1) is 8.22. The number of hydrogen-bond donors (Lipinski definition) is 0. The number of carbonyl (C=O) groups excluding carboxylic acids is 1. The van der Waals surface area contributed by atoms with Crippen LogP contribution in [0.1, 0.15) is 40.0 Å². The standard InChI is InChI=1S/C14H26O3Si/c1-14(2,3)18(4,5)17-9-7-6-8-12-10-13(15)16-11-12/h10H,6-9,11H2,1-5H3. The Kier molecular flexibility index (Phi) is 5.17. The molecule has 0 saturated heterocycles. The van der Waals surface area contributed by atoms with Crippen molar-refractivity contribution < 1.29 is 14.0 Å². The number of hydrogen-bond acceptors (Lipinski definition) is 3. The van der Waals surface area contributed by atoms with Crippen molar-refractivity contribution in [2.45, 2.75) is 58.2 Å². The fraction of sp³-hybridized carbons (Fsp3) is 0.786. The average Bonchev–Trinajstić information content (AvgIpc) is 2.62. The van der Waals surface area contributed by atoms with E-state index in [-0.39, 0.29) is 11.0 Å². The van der Waals surface area contributed by atoms with Crippen LogP contribution in [0.4, 0.5) is 0 Å². The van der Waals surface area contributed by atoms with Gasteiger partial charge in [-0.2, -0.15) is 0 Å². The first kappa shape index (κ1) is 15.4. The number of esters is 1. The number of carbonyl (C=O) groups is 1. The predicted molar refractivity (Wildman–Crippen MR) is 76.0 cm³/mol. The normalized spacial score (nSPS) is 16.7. The Bertz CT molecular complexity index is 326. The highest BCUT2D eigenvalue weighted by atomic mass is 28.4. The summed E-state index contributed by atoms with van der Waals surface area (Å²) in [6.45, 7) is 12.6. The van der Waals surface area contributed by atoms with Crippen LogP contribution >= 0.6 is 0 Å². The van der Waals surface area contributed by atoms with Crippen molar-refractivity contribution >= 4 is 14.3 Å². The Labute approximate surface area is 112 Å². The van der Waals surface area contributed by atoms with E-state index in [1.54, 1.807) is 6.08 Å². The fourth-order valence-corrected chi connectivity index (χ4v) is 2.64.